The first-order valence-electron chi connectivity index (χ1n) is 8.93. The largest absolute Gasteiger partial charge is 0.489 e. The number of hydrogen-bond acceptors (Lipinski definition) is 4. The van der Waals surface area contributed by atoms with E-state index in [1.54, 1.807) is 4.90 Å². The Morgan fingerprint density at radius 1 is 1.11 bits per heavy atom. The number of ether oxygens (including phenoxy) is 2. The van der Waals surface area contributed by atoms with Gasteiger partial charge in [0.15, 0.2) is 0 Å². The average Bonchev–Trinajstić information content (AvgIpc) is 2.67. The predicted molar refractivity (Wildman–Crippen MR) is 96.3 cm³/mol. The van der Waals surface area contributed by atoms with Gasteiger partial charge in [-0.3, -0.25) is 0 Å². The van der Waals surface area contributed by atoms with Gasteiger partial charge in [-0.25, -0.2) is 18.0 Å². The number of carbonyl (C=O) groups is 1. The van der Waals surface area contributed by atoms with Gasteiger partial charge in [0.25, 0.3) is 0 Å². The molecule has 0 spiro atoms. The summed E-state index contributed by atoms with van der Waals surface area (Å²) in [6, 6.07) is 7.15. The molecule has 1 fully saturated rings. The number of rotatable bonds is 5. The molecule has 0 bridgehead atoms. The summed E-state index contributed by atoms with van der Waals surface area (Å²) in [5.41, 5.74) is 0.319. The molecule has 1 N–H and O–H groups in total. The van der Waals surface area contributed by atoms with Gasteiger partial charge in [-0.15, -0.1) is 0 Å². The molecule has 1 saturated heterocycles. The van der Waals surface area contributed by atoms with Crippen LogP contribution in [0.5, 0.6) is 5.75 Å². The van der Waals surface area contributed by atoms with Crippen LogP contribution in [0.4, 0.5) is 18.0 Å². The normalized spacial score (nSPS) is 16.7. The third kappa shape index (κ3) is 4.95. The van der Waals surface area contributed by atoms with E-state index in [0.717, 1.165) is 12.1 Å². The minimum absolute atomic E-state index is 0.00799. The first kappa shape index (κ1) is 20.0. The number of halogens is 3. The summed E-state index contributed by atoms with van der Waals surface area (Å²) >= 11 is 0. The Morgan fingerprint density at radius 2 is 1.93 bits per heavy atom. The Balaban J connectivity index is 1.60. The van der Waals surface area contributed by atoms with Crippen molar-refractivity contribution in [3.05, 3.63) is 65.0 Å². The predicted octanol–water partition coefficient (Wildman–Crippen LogP) is 3.61. The Bertz CT molecular complexity index is 847. The molecular formula is C20H21F3N2O3. The van der Waals surface area contributed by atoms with Crippen molar-refractivity contribution in [2.24, 2.45) is 0 Å². The monoisotopic (exact) mass is 394 g/mol. The maximum Gasteiger partial charge on any atom is 0.410 e. The Morgan fingerprint density at radius 3 is 2.68 bits per heavy atom. The van der Waals surface area contributed by atoms with Crippen molar-refractivity contribution in [2.75, 3.05) is 19.6 Å². The lowest BCUT2D eigenvalue weighted by Gasteiger charge is -2.33. The highest BCUT2D eigenvalue weighted by atomic mass is 19.1. The second-order valence-corrected chi connectivity index (χ2v) is 6.58. The van der Waals surface area contributed by atoms with Crippen LogP contribution in [0.1, 0.15) is 18.1 Å². The summed E-state index contributed by atoms with van der Waals surface area (Å²) in [5, 5.41) is 3.17. The van der Waals surface area contributed by atoms with Crippen LogP contribution in [0, 0.1) is 17.5 Å². The molecule has 5 nitrogen and oxygen atoms in total. The summed E-state index contributed by atoms with van der Waals surface area (Å²) in [4.78, 5) is 13.8. The number of hydrogen-bond donors (Lipinski definition) is 1. The van der Waals surface area contributed by atoms with E-state index in [0.29, 0.717) is 19.6 Å². The molecule has 1 amide bonds. The van der Waals surface area contributed by atoms with E-state index in [1.807, 2.05) is 6.92 Å². The molecule has 2 aromatic carbocycles. The van der Waals surface area contributed by atoms with Crippen LogP contribution < -0.4 is 10.1 Å². The van der Waals surface area contributed by atoms with E-state index in [2.05, 4.69) is 5.32 Å². The molecule has 150 valence electrons. The van der Waals surface area contributed by atoms with Crippen molar-refractivity contribution in [1.82, 2.24) is 10.2 Å². The van der Waals surface area contributed by atoms with E-state index in [4.69, 9.17) is 9.47 Å². The summed E-state index contributed by atoms with van der Waals surface area (Å²) in [7, 11) is 0. The highest BCUT2D eigenvalue weighted by Gasteiger charge is 2.24. The van der Waals surface area contributed by atoms with Crippen molar-refractivity contribution < 1.29 is 27.4 Å². The lowest BCUT2D eigenvalue weighted by Crippen LogP contribution is -2.52. The second-order valence-electron chi connectivity index (χ2n) is 6.58. The van der Waals surface area contributed by atoms with E-state index in [-0.39, 0.29) is 36.1 Å². The van der Waals surface area contributed by atoms with Gasteiger partial charge in [0, 0.05) is 42.9 Å². The zero-order chi connectivity index (χ0) is 20.1. The molecule has 0 aromatic heterocycles. The summed E-state index contributed by atoms with van der Waals surface area (Å²) in [6.45, 7) is 3.38. The number of carbonyl (C=O) groups excluding carboxylic acids is 1. The molecule has 0 saturated carbocycles. The van der Waals surface area contributed by atoms with Crippen molar-refractivity contribution in [1.29, 1.82) is 0 Å². The first-order chi connectivity index (χ1) is 13.4. The van der Waals surface area contributed by atoms with Gasteiger partial charge in [-0.05, 0) is 37.3 Å². The molecule has 3 rings (SSSR count). The highest BCUT2D eigenvalue weighted by molar-refractivity contribution is 5.68. The van der Waals surface area contributed by atoms with Crippen LogP contribution in [0.3, 0.4) is 0 Å². The Kier molecular flexibility index (Phi) is 6.41. The van der Waals surface area contributed by atoms with Crippen LogP contribution in [0.15, 0.2) is 36.4 Å². The van der Waals surface area contributed by atoms with Crippen LogP contribution >= 0.6 is 0 Å². The molecule has 0 radical (unpaired) electrons. The minimum atomic E-state index is -0.721. The quantitative estimate of drug-likeness (QED) is 0.842. The molecule has 1 aliphatic heterocycles. The number of piperazine rings is 1. The zero-order valence-corrected chi connectivity index (χ0v) is 15.4. The maximum atomic E-state index is 14.0. The third-order valence-corrected chi connectivity index (χ3v) is 4.51. The van der Waals surface area contributed by atoms with Gasteiger partial charge in [0.05, 0.1) is 0 Å². The van der Waals surface area contributed by atoms with Gasteiger partial charge in [0.1, 0.15) is 36.4 Å². The van der Waals surface area contributed by atoms with Crippen molar-refractivity contribution >= 4 is 6.09 Å². The van der Waals surface area contributed by atoms with E-state index in [9.17, 15) is 18.0 Å². The van der Waals surface area contributed by atoms with E-state index in [1.165, 1.54) is 24.3 Å². The molecular weight excluding hydrogens is 373 g/mol. The van der Waals surface area contributed by atoms with Crippen LogP contribution in [-0.4, -0.2) is 36.7 Å². The van der Waals surface area contributed by atoms with Gasteiger partial charge < -0.3 is 19.7 Å². The van der Waals surface area contributed by atoms with Crippen LogP contribution in [0.2, 0.25) is 0 Å². The smallest absolute Gasteiger partial charge is 0.410 e. The minimum Gasteiger partial charge on any atom is -0.489 e. The molecule has 1 atom stereocenters. The SMILES string of the molecule is CC1CNCCN1C(=O)OCc1cc(OCc2ccc(F)cc2F)ccc1F. The van der Waals surface area contributed by atoms with Gasteiger partial charge >= 0.3 is 6.09 Å². The first-order valence-corrected chi connectivity index (χ1v) is 8.93. The fraction of sp³-hybridized carbons (Fsp3) is 0.350. The summed E-state index contributed by atoms with van der Waals surface area (Å²) < 4.78 is 51.3. The average molecular weight is 394 g/mol. The molecule has 28 heavy (non-hydrogen) atoms. The number of nitrogens with zero attached hydrogens (tertiary/aromatic N) is 1. The van der Waals surface area contributed by atoms with Gasteiger partial charge in [0.2, 0.25) is 0 Å². The molecule has 0 aliphatic carbocycles. The Labute approximate surface area is 161 Å². The molecule has 8 heteroatoms. The molecule has 2 aromatic rings. The Hall–Kier alpha value is -2.74. The van der Waals surface area contributed by atoms with Gasteiger partial charge in [-0.1, -0.05) is 0 Å². The third-order valence-electron chi connectivity index (χ3n) is 4.51. The lowest BCUT2D eigenvalue weighted by molar-refractivity contribution is 0.0751. The van der Waals surface area contributed by atoms with Crippen molar-refractivity contribution in [3.63, 3.8) is 0 Å². The molecule has 1 aliphatic rings. The summed E-state index contributed by atoms with van der Waals surface area (Å²) in [6.07, 6.45) is -0.506. The number of benzene rings is 2. The topological polar surface area (TPSA) is 50.8 Å². The van der Waals surface area contributed by atoms with Crippen molar-refractivity contribution in [3.8, 4) is 5.75 Å². The standard InChI is InChI=1S/C20H21F3N2O3/c1-13-10-24-6-7-25(13)20(26)28-12-15-8-17(4-5-18(15)22)27-11-14-2-3-16(21)9-19(14)23/h2-5,8-9,13,24H,6-7,10-12H2,1H3. The summed E-state index contributed by atoms with van der Waals surface area (Å²) in [5.74, 6) is -1.65. The van der Waals surface area contributed by atoms with Crippen LogP contribution in [-0.2, 0) is 18.0 Å². The van der Waals surface area contributed by atoms with Gasteiger partial charge in [-0.2, -0.15) is 0 Å². The highest BCUT2D eigenvalue weighted by Crippen LogP contribution is 2.20. The van der Waals surface area contributed by atoms with Crippen molar-refractivity contribution in [2.45, 2.75) is 26.2 Å². The number of nitrogens with one attached hydrogen (secondary N) is 1. The zero-order valence-electron chi connectivity index (χ0n) is 15.4. The second kappa shape index (κ2) is 8.97. The maximum absolute atomic E-state index is 14.0. The van der Waals surface area contributed by atoms with E-state index >= 15 is 0 Å². The fourth-order valence-electron chi connectivity index (χ4n) is 2.89. The molecule has 1 unspecified atom stereocenters. The fourth-order valence-corrected chi connectivity index (χ4v) is 2.89. The van der Waals surface area contributed by atoms with Crippen LogP contribution in [0.25, 0.3) is 0 Å². The van der Waals surface area contributed by atoms with E-state index < -0.39 is 23.5 Å². The molecule has 1 heterocycles. The lowest BCUT2D eigenvalue weighted by atomic mass is 10.2. The number of amides is 1.